The van der Waals surface area contributed by atoms with Crippen molar-refractivity contribution >= 4 is 39.7 Å². The molecule has 1 fully saturated rings. The Morgan fingerprint density at radius 2 is 1.91 bits per heavy atom. The Morgan fingerprint density at radius 1 is 1.12 bits per heavy atom. The fourth-order valence-electron chi connectivity index (χ4n) is 4.04. The highest BCUT2D eigenvalue weighted by Crippen LogP contribution is 2.29. The van der Waals surface area contributed by atoms with Gasteiger partial charge in [0.15, 0.2) is 5.65 Å². The second-order valence-electron chi connectivity index (χ2n) is 8.02. The summed E-state index contributed by atoms with van der Waals surface area (Å²) in [6.45, 7) is 6.88. The molecule has 1 aliphatic rings. The van der Waals surface area contributed by atoms with Crippen LogP contribution in [0.15, 0.2) is 54.0 Å². The van der Waals surface area contributed by atoms with Crippen molar-refractivity contribution in [2.75, 3.05) is 43.4 Å². The highest BCUT2D eigenvalue weighted by molar-refractivity contribution is 7.13. The quantitative estimate of drug-likeness (QED) is 0.498. The number of nitrogens with one attached hydrogen (secondary N) is 1. The molecule has 0 radical (unpaired) electrons. The molecule has 0 aliphatic carbocycles. The first-order valence-corrected chi connectivity index (χ1v) is 11.8. The lowest BCUT2D eigenvalue weighted by Gasteiger charge is -2.34. The number of nitrogens with zero attached hydrogens (tertiary/aromatic N) is 5. The summed E-state index contributed by atoms with van der Waals surface area (Å²) in [5.41, 5.74) is 4.07. The maximum Gasteiger partial charge on any atom is 0.256 e. The van der Waals surface area contributed by atoms with E-state index in [1.54, 1.807) is 17.5 Å². The number of thiophene rings is 1. The van der Waals surface area contributed by atoms with Gasteiger partial charge >= 0.3 is 0 Å². The van der Waals surface area contributed by atoms with E-state index in [0.29, 0.717) is 12.1 Å². The van der Waals surface area contributed by atoms with Gasteiger partial charge in [-0.05, 0) is 55.7 Å². The van der Waals surface area contributed by atoms with Crippen molar-refractivity contribution in [1.29, 1.82) is 0 Å². The molecule has 4 aromatic rings. The van der Waals surface area contributed by atoms with Crippen LogP contribution in [0.3, 0.4) is 0 Å². The van der Waals surface area contributed by atoms with Crippen molar-refractivity contribution in [3.63, 3.8) is 0 Å². The lowest BCUT2D eigenvalue weighted by atomic mass is 10.1. The Balaban J connectivity index is 1.41. The fourth-order valence-corrected chi connectivity index (χ4v) is 4.72. The Morgan fingerprint density at radius 3 is 2.59 bits per heavy atom. The van der Waals surface area contributed by atoms with Crippen LogP contribution >= 0.6 is 11.3 Å². The van der Waals surface area contributed by atoms with Gasteiger partial charge in [-0.2, -0.15) is 5.10 Å². The first-order valence-electron chi connectivity index (χ1n) is 10.9. The molecule has 5 rings (SSSR count). The van der Waals surface area contributed by atoms with Crippen LogP contribution in [0.25, 0.3) is 21.6 Å². The largest absolute Gasteiger partial charge is 0.369 e. The Bertz CT molecular complexity index is 1220. The van der Waals surface area contributed by atoms with Gasteiger partial charge in [0.1, 0.15) is 0 Å². The van der Waals surface area contributed by atoms with Gasteiger partial charge in [-0.1, -0.05) is 6.07 Å². The van der Waals surface area contributed by atoms with E-state index >= 15 is 0 Å². The highest BCUT2D eigenvalue weighted by atomic mass is 32.1. The molecule has 1 saturated heterocycles. The summed E-state index contributed by atoms with van der Waals surface area (Å²) in [6.07, 6.45) is 1.73. The van der Waals surface area contributed by atoms with Crippen LogP contribution in [0.4, 0.5) is 11.4 Å². The average molecular weight is 447 g/mol. The van der Waals surface area contributed by atoms with Crippen LogP contribution in [0, 0.1) is 0 Å². The minimum atomic E-state index is -0.154. The Hall–Kier alpha value is -3.23. The van der Waals surface area contributed by atoms with E-state index < -0.39 is 0 Å². The van der Waals surface area contributed by atoms with E-state index in [0.717, 1.165) is 53.5 Å². The van der Waals surface area contributed by atoms with Crippen molar-refractivity contribution in [2.45, 2.75) is 13.5 Å². The number of likely N-dealkylation sites (N-methyl/N-ethyl adjacent to an activating group) is 1. The molecule has 8 heteroatoms. The highest BCUT2D eigenvalue weighted by Gasteiger charge is 2.18. The number of hydrogen-bond acceptors (Lipinski definition) is 6. The fraction of sp³-hybridized carbons (Fsp3) is 0.292. The van der Waals surface area contributed by atoms with Gasteiger partial charge < -0.3 is 15.1 Å². The first-order chi connectivity index (χ1) is 15.6. The van der Waals surface area contributed by atoms with E-state index in [1.807, 2.05) is 47.3 Å². The third kappa shape index (κ3) is 3.99. The molecule has 0 bridgehead atoms. The zero-order valence-corrected chi connectivity index (χ0v) is 19.1. The molecule has 1 N–H and O–H groups in total. The predicted octanol–water partition coefficient (Wildman–Crippen LogP) is 4.18. The molecule has 3 aromatic heterocycles. The lowest BCUT2D eigenvalue weighted by molar-refractivity contribution is 0.102. The van der Waals surface area contributed by atoms with Gasteiger partial charge in [0.25, 0.3) is 5.91 Å². The number of piperazine rings is 1. The van der Waals surface area contributed by atoms with Crippen LogP contribution in [-0.4, -0.2) is 58.8 Å². The second-order valence-corrected chi connectivity index (χ2v) is 8.97. The maximum absolute atomic E-state index is 13.3. The first kappa shape index (κ1) is 20.7. The number of aryl methyl sites for hydroxylation is 1. The third-order valence-electron chi connectivity index (χ3n) is 5.92. The zero-order valence-electron chi connectivity index (χ0n) is 18.3. The van der Waals surface area contributed by atoms with Crippen LogP contribution in [0.2, 0.25) is 0 Å². The van der Waals surface area contributed by atoms with E-state index in [2.05, 4.69) is 39.4 Å². The Kier molecular flexibility index (Phi) is 5.63. The van der Waals surface area contributed by atoms with E-state index in [1.165, 1.54) is 5.69 Å². The van der Waals surface area contributed by atoms with Gasteiger partial charge in [-0.3, -0.25) is 4.79 Å². The van der Waals surface area contributed by atoms with Gasteiger partial charge in [0.05, 0.1) is 27.7 Å². The maximum atomic E-state index is 13.3. The van der Waals surface area contributed by atoms with Crippen molar-refractivity contribution in [3.05, 3.63) is 59.6 Å². The van der Waals surface area contributed by atoms with Crippen molar-refractivity contribution in [2.24, 2.45) is 0 Å². The van der Waals surface area contributed by atoms with Gasteiger partial charge in [-0.15, -0.1) is 11.3 Å². The minimum Gasteiger partial charge on any atom is -0.369 e. The molecule has 0 spiro atoms. The van der Waals surface area contributed by atoms with Crippen molar-refractivity contribution in [1.82, 2.24) is 19.7 Å². The summed E-state index contributed by atoms with van der Waals surface area (Å²) in [4.78, 5) is 23.8. The number of aromatic nitrogens is 3. The summed E-state index contributed by atoms with van der Waals surface area (Å²) in [7, 11) is 2.15. The molecule has 32 heavy (non-hydrogen) atoms. The summed E-state index contributed by atoms with van der Waals surface area (Å²) in [5.74, 6) is -0.154. The summed E-state index contributed by atoms with van der Waals surface area (Å²) < 4.78 is 1.83. The number of amides is 1. The second kappa shape index (κ2) is 8.72. The van der Waals surface area contributed by atoms with Crippen LogP contribution in [0.5, 0.6) is 0 Å². The van der Waals surface area contributed by atoms with Crippen LogP contribution in [-0.2, 0) is 6.54 Å². The lowest BCUT2D eigenvalue weighted by Crippen LogP contribution is -2.44. The molecular weight excluding hydrogens is 420 g/mol. The molecular formula is C24H26N6OS. The molecule has 164 valence electrons. The molecule has 1 aromatic carbocycles. The molecule has 0 atom stereocenters. The zero-order chi connectivity index (χ0) is 22.1. The minimum absolute atomic E-state index is 0.154. The predicted molar refractivity (Wildman–Crippen MR) is 131 cm³/mol. The SMILES string of the molecule is CCn1ncc2c(C(=O)Nc3ccc(N4CCN(C)CC4)cc3)cc(-c3cccs3)nc21. The number of hydrogen-bond donors (Lipinski definition) is 1. The average Bonchev–Trinajstić information content (AvgIpc) is 3.49. The number of fused-ring (bicyclic) bond motifs is 1. The number of benzene rings is 1. The molecule has 0 unspecified atom stereocenters. The number of carbonyl (C=O) groups is 1. The van der Waals surface area contributed by atoms with Crippen molar-refractivity contribution < 1.29 is 4.79 Å². The van der Waals surface area contributed by atoms with Crippen molar-refractivity contribution in [3.8, 4) is 10.6 Å². The van der Waals surface area contributed by atoms with Gasteiger partial charge in [0.2, 0.25) is 0 Å². The van der Waals surface area contributed by atoms with Crippen LogP contribution in [0.1, 0.15) is 17.3 Å². The Labute approximate surface area is 191 Å². The molecule has 0 saturated carbocycles. The molecule has 1 amide bonds. The molecule has 7 nitrogen and oxygen atoms in total. The van der Waals surface area contributed by atoms with Gasteiger partial charge in [-0.25, -0.2) is 9.67 Å². The van der Waals surface area contributed by atoms with Crippen LogP contribution < -0.4 is 10.2 Å². The summed E-state index contributed by atoms with van der Waals surface area (Å²) in [5, 5.41) is 10.3. The summed E-state index contributed by atoms with van der Waals surface area (Å²) in [6, 6.07) is 14.0. The number of rotatable bonds is 5. The number of anilines is 2. The van der Waals surface area contributed by atoms with Gasteiger partial charge in [0, 0.05) is 44.1 Å². The van der Waals surface area contributed by atoms with E-state index in [-0.39, 0.29) is 5.91 Å². The monoisotopic (exact) mass is 446 g/mol. The molecule has 4 heterocycles. The molecule has 1 aliphatic heterocycles. The number of carbonyl (C=O) groups excluding carboxylic acids is 1. The number of pyridine rings is 1. The topological polar surface area (TPSA) is 66.3 Å². The smallest absolute Gasteiger partial charge is 0.256 e. The van der Waals surface area contributed by atoms with E-state index in [9.17, 15) is 4.79 Å². The van der Waals surface area contributed by atoms with E-state index in [4.69, 9.17) is 4.98 Å². The normalized spacial score (nSPS) is 14.8. The standard InChI is InChI=1S/C24H26N6OS/c1-3-30-23-20(16-25-30)19(15-21(27-23)22-5-4-14-32-22)24(31)26-17-6-8-18(9-7-17)29-12-10-28(2)11-13-29/h4-9,14-16H,3,10-13H2,1-2H3,(H,26,31). The third-order valence-corrected chi connectivity index (χ3v) is 6.81. The summed E-state index contributed by atoms with van der Waals surface area (Å²) >= 11 is 1.61.